The predicted molar refractivity (Wildman–Crippen MR) is 104 cm³/mol. The molecule has 1 saturated heterocycles. The van der Waals surface area contributed by atoms with Gasteiger partial charge in [-0.15, -0.1) is 0 Å². The number of hydrogen-bond donors (Lipinski definition) is 2. The highest BCUT2D eigenvalue weighted by Crippen LogP contribution is 2.26. The molecule has 10 heteroatoms. The number of hydrogen-bond acceptors (Lipinski definition) is 5. The molecular weight excluding hydrogens is 386 g/mol. The second kappa shape index (κ2) is 8.03. The lowest BCUT2D eigenvalue weighted by atomic mass is 10.1. The number of nitrogens with zero attached hydrogens (tertiary/aromatic N) is 2. The zero-order valence-corrected chi connectivity index (χ0v) is 16.1. The number of piperazine rings is 1. The Hall–Kier alpha value is -2.85. The summed E-state index contributed by atoms with van der Waals surface area (Å²) >= 11 is 0. The van der Waals surface area contributed by atoms with Crippen LogP contribution in [0.5, 0.6) is 0 Å². The van der Waals surface area contributed by atoms with Gasteiger partial charge in [0.15, 0.2) is 0 Å². The van der Waals surface area contributed by atoms with Crippen molar-refractivity contribution in [2.45, 2.75) is 6.92 Å². The largest absolute Gasteiger partial charge is 0.478 e. The average molecular weight is 407 g/mol. The van der Waals surface area contributed by atoms with Crippen LogP contribution in [-0.2, 0) is 14.9 Å². The lowest BCUT2D eigenvalue weighted by Gasteiger charge is -2.33. The van der Waals surface area contributed by atoms with Crippen molar-refractivity contribution in [2.24, 2.45) is 0 Å². The van der Waals surface area contributed by atoms with Crippen LogP contribution < -0.4 is 4.72 Å². The predicted octanol–water partition coefficient (Wildman–Crippen LogP) is 1.97. The van der Waals surface area contributed by atoms with E-state index in [-0.39, 0.29) is 44.0 Å². The van der Waals surface area contributed by atoms with Crippen LogP contribution >= 0.6 is 0 Å². The summed E-state index contributed by atoms with van der Waals surface area (Å²) in [5.74, 6) is -1.23. The first-order chi connectivity index (χ1) is 13.3. The van der Waals surface area contributed by atoms with Gasteiger partial charge < -0.3 is 14.7 Å². The second-order valence-electron chi connectivity index (χ2n) is 6.24. The van der Waals surface area contributed by atoms with Crippen LogP contribution in [0.2, 0.25) is 0 Å². The average Bonchev–Trinajstić information content (AvgIpc) is 2.67. The third kappa shape index (κ3) is 4.18. The standard InChI is InChI=1S/C18H21N3O6S/c1-2-27-18(24)20-7-9-21(10-8-20)28(25,26)19-16-12-14-6-4-3-5-13(14)11-15(16)17(22)23/h3-6,11-12,19H,2,7-10H2,1H3,(H,22,23). The number of amides is 1. The molecule has 1 heterocycles. The van der Waals surface area contributed by atoms with Crippen LogP contribution in [0.1, 0.15) is 17.3 Å². The van der Waals surface area contributed by atoms with Gasteiger partial charge >= 0.3 is 22.3 Å². The van der Waals surface area contributed by atoms with E-state index in [0.717, 1.165) is 5.39 Å². The van der Waals surface area contributed by atoms with Crippen molar-refractivity contribution in [3.8, 4) is 0 Å². The second-order valence-corrected chi connectivity index (χ2v) is 7.91. The molecule has 0 spiro atoms. The molecule has 28 heavy (non-hydrogen) atoms. The highest BCUT2D eigenvalue weighted by molar-refractivity contribution is 7.90. The normalized spacial score (nSPS) is 15.4. The Morgan fingerprint density at radius 3 is 2.29 bits per heavy atom. The van der Waals surface area contributed by atoms with Crippen LogP contribution in [0, 0.1) is 0 Å². The first-order valence-electron chi connectivity index (χ1n) is 8.77. The fourth-order valence-corrected chi connectivity index (χ4v) is 4.25. The molecule has 9 nitrogen and oxygen atoms in total. The van der Waals surface area contributed by atoms with Crippen LogP contribution in [0.4, 0.5) is 10.5 Å². The van der Waals surface area contributed by atoms with Gasteiger partial charge in [0.1, 0.15) is 0 Å². The molecule has 2 N–H and O–H groups in total. The Kier molecular flexibility index (Phi) is 5.71. The maximum absolute atomic E-state index is 12.8. The van der Waals surface area contributed by atoms with Crippen molar-refractivity contribution in [3.05, 3.63) is 42.0 Å². The van der Waals surface area contributed by atoms with Gasteiger partial charge in [-0.3, -0.25) is 4.72 Å². The lowest BCUT2D eigenvalue weighted by Crippen LogP contribution is -2.52. The molecule has 0 aliphatic carbocycles. The Labute approximate surface area is 162 Å². The summed E-state index contributed by atoms with van der Waals surface area (Å²) in [7, 11) is -3.98. The smallest absolute Gasteiger partial charge is 0.409 e. The highest BCUT2D eigenvalue weighted by atomic mass is 32.2. The molecule has 150 valence electrons. The number of carboxylic acid groups (broad SMARTS) is 1. The molecule has 2 aromatic rings. The van der Waals surface area contributed by atoms with Gasteiger partial charge in [-0.05, 0) is 29.8 Å². The third-order valence-electron chi connectivity index (χ3n) is 4.46. The van der Waals surface area contributed by atoms with E-state index < -0.39 is 22.3 Å². The summed E-state index contributed by atoms with van der Waals surface area (Å²) in [6.45, 7) is 2.52. The summed E-state index contributed by atoms with van der Waals surface area (Å²) < 4.78 is 34.0. The number of rotatable bonds is 5. The van der Waals surface area contributed by atoms with E-state index in [1.807, 2.05) is 0 Å². The van der Waals surface area contributed by atoms with E-state index in [4.69, 9.17) is 4.74 Å². The van der Waals surface area contributed by atoms with E-state index in [1.54, 1.807) is 31.2 Å². The molecule has 1 amide bonds. The molecule has 1 aliphatic rings. The van der Waals surface area contributed by atoms with Crippen molar-refractivity contribution in [2.75, 3.05) is 37.5 Å². The number of benzene rings is 2. The van der Waals surface area contributed by atoms with Crippen LogP contribution in [0.3, 0.4) is 0 Å². The minimum atomic E-state index is -3.98. The maximum atomic E-state index is 12.8. The van der Waals surface area contributed by atoms with Gasteiger partial charge in [-0.25, -0.2) is 9.59 Å². The monoisotopic (exact) mass is 407 g/mol. The molecule has 1 aliphatic heterocycles. The van der Waals surface area contributed by atoms with Crippen LogP contribution in [-0.4, -0.2) is 67.6 Å². The van der Waals surface area contributed by atoms with E-state index in [0.29, 0.717) is 5.39 Å². The molecule has 1 fully saturated rings. The summed E-state index contributed by atoms with van der Waals surface area (Å²) in [4.78, 5) is 24.8. The van der Waals surface area contributed by atoms with Gasteiger partial charge in [0.05, 0.1) is 17.9 Å². The van der Waals surface area contributed by atoms with Gasteiger partial charge in [-0.1, -0.05) is 24.3 Å². The number of anilines is 1. The minimum Gasteiger partial charge on any atom is -0.478 e. The fourth-order valence-electron chi connectivity index (χ4n) is 3.03. The number of fused-ring (bicyclic) bond motifs is 1. The quantitative estimate of drug-likeness (QED) is 0.783. The van der Waals surface area contributed by atoms with Crippen molar-refractivity contribution in [1.82, 2.24) is 9.21 Å². The lowest BCUT2D eigenvalue weighted by molar-refractivity contribution is 0.0698. The summed E-state index contributed by atoms with van der Waals surface area (Å²) in [5, 5.41) is 10.9. The highest BCUT2D eigenvalue weighted by Gasteiger charge is 2.30. The van der Waals surface area contributed by atoms with Crippen molar-refractivity contribution >= 4 is 38.7 Å². The molecule has 0 aromatic heterocycles. The molecule has 0 unspecified atom stereocenters. The Balaban J connectivity index is 1.80. The number of carboxylic acids is 1. The minimum absolute atomic E-state index is 0.000905. The Morgan fingerprint density at radius 2 is 1.71 bits per heavy atom. The third-order valence-corrected chi connectivity index (χ3v) is 5.98. The number of nitrogens with one attached hydrogen (secondary N) is 1. The zero-order chi connectivity index (χ0) is 20.3. The van der Waals surface area contributed by atoms with Crippen LogP contribution in [0.15, 0.2) is 36.4 Å². The van der Waals surface area contributed by atoms with Crippen molar-refractivity contribution in [3.63, 3.8) is 0 Å². The van der Waals surface area contributed by atoms with E-state index in [9.17, 15) is 23.1 Å². The van der Waals surface area contributed by atoms with Crippen LogP contribution in [0.25, 0.3) is 10.8 Å². The summed E-state index contributed by atoms with van der Waals surface area (Å²) in [6, 6.07) is 10.0. The number of carbonyl (C=O) groups excluding carboxylic acids is 1. The summed E-state index contributed by atoms with van der Waals surface area (Å²) in [6.07, 6.45) is -0.477. The number of aromatic carboxylic acids is 1. The molecule has 0 radical (unpaired) electrons. The van der Waals surface area contributed by atoms with E-state index in [1.165, 1.54) is 21.3 Å². The molecule has 0 atom stereocenters. The molecule has 2 aromatic carbocycles. The van der Waals surface area contributed by atoms with Gasteiger partial charge in [0.25, 0.3) is 0 Å². The first kappa shape index (κ1) is 19.9. The number of carbonyl (C=O) groups is 2. The zero-order valence-electron chi connectivity index (χ0n) is 15.3. The molecule has 0 saturated carbocycles. The Bertz CT molecular complexity index is 1000. The van der Waals surface area contributed by atoms with Gasteiger partial charge in [0.2, 0.25) is 0 Å². The number of ether oxygens (including phenoxy) is 1. The van der Waals surface area contributed by atoms with Gasteiger partial charge in [0, 0.05) is 26.2 Å². The Morgan fingerprint density at radius 1 is 1.11 bits per heavy atom. The summed E-state index contributed by atoms with van der Waals surface area (Å²) in [5.41, 5.74) is -0.133. The molecular formula is C18H21N3O6S. The maximum Gasteiger partial charge on any atom is 0.409 e. The van der Waals surface area contributed by atoms with E-state index in [2.05, 4.69) is 4.72 Å². The van der Waals surface area contributed by atoms with E-state index >= 15 is 0 Å². The topological polar surface area (TPSA) is 116 Å². The molecule has 0 bridgehead atoms. The van der Waals surface area contributed by atoms with Gasteiger partial charge in [-0.2, -0.15) is 12.7 Å². The first-order valence-corrected chi connectivity index (χ1v) is 10.2. The van der Waals surface area contributed by atoms with Crippen molar-refractivity contribution < 1.29 is 27.9 Å². The molecule has 3 rings (SSSR count). The fraction of sp³-hybridized carbons (Fsp3) is 0.333. The SMILES string of the molecule is CCOC(=O)N1CCN(S(=O)(=O)Nc2cc3ccccc3cc2C(=O)O)CC1. The van der Waals surface area contributed by atoms with Crippen molar-refractivity contribution in [1.29, 1.82) is 0 Å².